The van der Waals surface area contributed by atoms with Crippen molar-refractivity contribution in [3.8, 4) is 0 Å². The minimum Gasteiger partial charge on any atom is -0.381 e. The van der Waals surface area contributed by atoms with Gasteiger partial charge in [0.15, 0.2) is 5.96 Å². The molecule has 0 spiro atoms. The van der Waals surface area contributed by atoms with E-state index in [0.29, 0.717) is 12.5 Å². The molecular formula is C17H26BrClIN3O2. The SMILES string of the molecule is CN=C(NCCCOCC1CCOC1)NCc1ccc(Br)cc1Cl.I. The fraction of sp³-hybridized carbons (Fsp3) is 0.588. The lowest BCUT2D eigenvalue weighted by Gasteiger charge is -2.13. The third-order valence-electron chi connectivity index (χ3n) is 3.82. The van der Waals surface area contributed by atoms with Crippen LogP contribution in [0.5, 0.6) is 0 Å². The molecule has 1 aromatic rings. The molecule has 2 N–H and O–H groups in total. The first-order valence-corrected chi connectivity index (χ1v) is 9.40. The molecule has 5 nitrogen and oxygen atoms in total. The van der Waals surface area contributed by atoms with Crippen LogP contribution >= 0.6 is 51.5 Å². The predicted octanol–water partition coefficient (Wildman–Crippen LogP) is 3.83. The van der Waals surface area contributed by atoms with Crippen molar-refractivity contribution in [2.45, 2.75) is 19.4 Å². The molecule has 1 aliphatic heterocycles. The molecule has 0 radical (unpaired) electrons. The van der Waals surface area contributed by atoms with E-state index in [0.717, 1.165) is 66.8 Å². The van der Waals surface area contributed by atoms with Crippen molar-refractivity contribution in [3.05, 3.63) is 33.3 Å². The van der Waals surface area contributed by atoms with Crippen LogP contribution in [0.25, 0.3) is 0 Å². The van der Waals surface area contributed by atoms with E-state index in [1.54, 1.807) is 7.05 Å². The average molecular weight is 547 g/mol. The summed E-state index contributed by atoms with van der Waals surface area (Å²) in [4.78, 5) is 4.22. The van der Waals surface area contributed by atoms with Gasteiger partial charge in [-0.1, -0.05) is 33.6 Å². The van der Waals surface area contributed by atoms with Gasteiger partial charge in [-0.15, -0.1) is 24.0 Å². The molecule has 0 bridgehead atoms. The zero-order chi connectivity index (χ0) is 17.2. The highest BCUT2D eigenvalue weighted by atomic mass is 127. The minimum atomic E-state index is 0. The number of rotatable bonds is 8. The molecule has 1 heterocycles. The summed E-state index contributed by atoms with van der Waals surface area (Å²) in [6.45, 7) is 4.71. The molecule has 0 aromatic heterocycles. The van der Waals surface area contributed by atoms with Gasteiger partial charge in [0, 0.05) is 48.8 Å². The largest absolute Gasteiger partial charge is 0.381 e. The summed E-state index contributed by atoms with van der Waals surface area (Å²) in [7, 11) is 1.76. The van der Waals surface area contributed by atoms with Crippen LogP contribution in [0.15, 0.2) is 27.7 Å². The Labute approximate surface area is 180 Å². The number of hydrogen-bond donors (Lipinski definition) is 2. The van der Waals surface area contributed by atoms with Gasteiger partial charge in [-0.3, -0.25) is 4.99 Å². The van der Waals surface area contributed by atoms with Crippen molar-refractivity contribution in [3.63, 3.8) is 0 Å². The summed E-state index contributed by atoms with van der Waals surface area (Å²) in [5.41, 5.74) is 1.03. The number of benzene rings is 1. The van der Waals surface area contributed by atoms with Crippen molar-refractivity contribution < 1.29 is 9.47 Å². The molecule has 1 fully saturated rings. The zero-order valence-corrected chi connectivity index (χ0v) is 19.1. The summed E-state index contributed by atoms with van der Waals surface area (Å²) in [5, 5.41) is 7.28. The van der Waals surface area contributed by atoms with Crippen molar-refractivity contribution in [2.75, 3.05) is 40.0 Å². The van der Waals surface area contributed by atoms with E-state index in [-0.39, 0.29) is 24.0 Å². The first-order valence-electron chi connectivity index (χ1n) is 8.23. The molecule has 2 rings (SSSR count). The van der Waals surface area contributed by atoms with Crippen molar-refractivity contribution in [1.82, 2.24) is 10.6 Å². The molecule has 0 aliphatic carbocycles. The first-order chi connectivity index (χ1) is 11.7. The van der Waals surface area contributed by atoms with Gasteiger partial charge < -0.3 is 20.1 Å². The van der Waals surface area contributed by atoms with Crippen molar-refractivity contribution in [2.24, 2.45) is 10.9 Å². The van der Waals surface area contributed by atoms with E-state index >= 15 is 0 Å². The lowest BCUT2D eigenvalue weighted by Crippen LogP contribution is -2.37. The molecule has 1 atom stereocenters. The first kappa shape index (κ1) is 23.0. The normalized spacial score (nSPS) is 17.2. The molecule has 142 valence electrons. The van der Waals surface area contributed by atoms with Gasteiger partial charge >= 0.3 is 0 Å². The van der Waals surface area contributed by atoms with Crippen molar-refractivity contribution in [1.29, 1.82) is 0 Å². The fourth-order valence-corrected chi connectivity index (χ4v) is 3.15. The molecule has 8 heteroatoms. The zero-order valence-electron chi connectivity index (χ0n) is 14.4. The van der Waals surface area contributed by atoms with Crippen LogP contribution in [0.4, 0.5) is 0 Å². The Balaban J connectivity index is 0.00000312. The summed E-state index contributed by atoms with van der Waals surface area (Å²) in [6, 6.07) is 5.86. The number of hydrogen-bond acceptors (Lipinski definition) is 3. The highest BCUT2D eigenvalue weighted by molar-refractivity contribution is 14.0. The lowest BCUT2D eigenvalue weighted by atomic mass is 10.1. The van der Waals surface area contributed by atoms with Gasteiger partial charge in [-0.05, 0) is 30.5 Å². The Kier molecular flexibility index (Phi) is 12.1. The Morgan fingerprint density at radius 1 is 1.44 bits per heavy atom. The third-order valence-corrected chi connectivity index (χ3v) is 4.67. The second-order valence-electron chi connectivity index (χ2n) is 5.75. The highest BCUT2D eigenvalue weighted by Gasteiger charge is 2.15. The topological polar surface area (TPSA) is 54.9 Å². The molecule has 1 aliphatic rings. The second-order valence-corrected chi connectivity index (χ2v) is 7.07. The summed E-state index contributed by atoms with van der Waals surface area (Å²) in [6.07, 6.45) is 2.06. The molecule has 1 unspecified atom stereocenters. The summed E-state index contributed by atoms with van der Waals surface area (Å²) in [5.74, 6) is 1.33. The molecule has 0 saturated carbocycles. The molecule has 25 heavy (non-hydrogen) atoms. The highest BCUT2D eigenvalue weighted by Crippen LogP contribution is 2.21. The predicted molar refractivity (Wildman–Crippen MR) is 117 cm³/mol. The van der Waals surface area contributed by atoms with Gasteiger partial charge in [-0.25, -0.2) is 0 Å². The maximum Gasteiger partial charge on any atom is 0.191 e. The molecule has 0 amide bonds. The maximum absolute atomic E-state index is 6.22. The quantitative estimate of drug-likeness (QED) is 0.225. The van der Waals surface area contributed by atoms with Gasteiger partial charge in [0.1, 0.15) is 0 Å². The van der Waals surface area contributed by atoms with Gasteiger partial charge in [-0.2, -0.15) is 0 Å². The maximum atomic E-state index is 6.22. The van der Waals surface area contributed by atoms with Crippen LogP contribution in [0, 0.1) is 5.92 Å². The van der Waals surface area contributed by atoms with Crippen LogP contribution in [-0.4, -0.2) is 46.0 Å². The number of guanidine groups is 1. The Morgan fingerprint density at radius 3 is 2.96 bits per heavy atom. The number of halogens is 3. The average Bonchev–Trinajstić information content (AvgIpc) is 3.08. The minimum absolute atomic E-state index is 0. The van der Waals surface area contributed by atoms with E-state index in [4.69, 9.17) is 21.1 Å². The van der Waals surface area contributed by atoms with Gasteiger partial charge in [0.2, 0.25) is 0 Å². The summed E-state index contributed by atoms with van der Waals surface area (Å²) >= 11 is 9.62. The van der Waals surface area contributed by atoms with Crippen LogP contribution in [0.2, 0.25) is 5.02 Å². The van der Waals surface area contributed by atoms with E-state index < -0.39 is 0 Å². The number of ether oxygens (including phenoxy) is 2. The van der Waals surface area contributed by atoms with Gasteiger partial charge in [0.25, 0.3) is 0 Å². The smallest absolute Gasteiger partial charge is 0.191 e. The Hall–Kier alpha value is -0.0900. The van der Waals surface area contributed by atoms with Crippen molar-refractivity contribution >= 4 is 57.5 Å². The number of aliphatic imine (C=N–C) groups is 1. The van der Waals surface area contributed by atoms with Crippen LogP contribution in [0.1, 0.15) is 18.4 Å². The van der Waals surface area contributed by atoms with Crippen LogP contribution in [0.3, 0.4) is 0 Å². The molecular weight excluding hydrogens is 520 g/mol. The monoisotopic (exact) mass is 545 g/mol. The van der Waals surface area contributed by atoms with E-state index in [1.165, 1.54) is 0 Å². The standard InChI is InChI=1S/C17H25BrClN3O2.HI/c1-20-17(22-10-14-3-4-15(18)9-16(14)19)21-6-2-7-23-11-13-5-8-24-12-13;/h3-4,9,13H,2,5-8,10-12H2,1H3,(H2,20,21,22);1H. The lowest BCUT2D eigenvalue weighted by molar-refractivity contribution is 0.0888. The van der Waals surface area contributed by atoms with Crippen LogP contribution in [-0.2, 0) is 16.0 Å². The number of nitrogens with one attached hydrogen (secondary N) is 2. The van der Waals surface area contributed by atoms with Crippen LogP contribution < -0.4 is 10.6 Å². The number of nitrogens with zero attached hydrogens (tertiary/aromatic N) is 1. The van der Waals surface area contributed by atoms with Gasteiger partial charge in [0.05, 0.1) is 13.2 Å². The second kappa shape index (κ2) is 13.1. The summed E-state index contributed by atoms with van der Waals surface area (Å²) < 4.78 is 12.0. The Bertz CT molecular complexity index is 543. The van der Waals surface area contributed by atoms with E-state index in [9.17, 15) is 0 Å². The fourth-order valence-electron chi connectivity index (χ4n) is 2.41. The molecule has 1 saturated heterocycles. The molecule has 1 aromatic carbocycles. The van der Waals surface area contributed by atoms with E-state index in [1.807, 2.05) is 18.2 Å². The Morgan fingerprint density at radius 2 is 2.28 bits per heavy atom. The third kappa shape index (κ3) is 8.90. The van der Waals surface area contributed by atoms with E-state index in [2.05, 4.69) is 31.6 Å².